The second-order valence-corrected chi connectivity index (χ2v) is 5.94. The maximum atomic E-state index is 5.97. The normalized spacial score (nSPS) is 14.9. The third-order valence-electron chi connectivity index (χ3n) is 4.01. The van der Waals surface area contributed by atoms with Crippen LogP contribution in [0.2, 0.25) is 0 Å². The lowest BCUT2D eigenvalue weighted by Crippen LogP contribution is -2.38. The van der Waals surface area contributed by atoms with Crippen LogP contribution in [0.1, 0.15) is 23.6 Å². The van der Waals surface area contributed by atoms with Crippen molar-refractivity contribution in [3.05, 3.63) is 77.5 Å². The van der Waals surface area contributed by atoms with Crippen molar-refractivity contribution in [2.45, 2.75) is 25.9 Å². The first-order valence-corrected chi connectivity index (χ1v) is 8.19. The van der Waals surface area contributed by atoms with E-state index < -0.39 is 0 Å². The summed E-state index contributed by atoms with van der Waals surface area (Å²) in [6.07, 6.45) is 1.95. The highest BCUT2D eigenvalue weighted by atomic mass is 16.5. The van der Waals surface area contributed by atoms with E-state index in [-0.39, 0.29) is 6.10 Å². The molecule has 0 aromatic heterocycles. The highest BCUT2D eigenvalue weighted by Crippen LogP contribution is 2.30. The van der Waals surface area contributed by atoms with Gasteiger partial charge in [0.1, 0.15) is 11.9 Å². The van der Waals surface area contributed by atoms with Gasteiger partial charge in [0.25, 0.3) is 0 Å². The maximum absolute atomic E-state index is 5.97. The summed E-state index contributed by atoms with van der Waals surface area (Å²) in [5, 5.41) is 1.65. The maximum Gasteiger partial charge on any atom is 0.123 e. The van der Waals surface area contributed by atoms with E-state index in [0.717, 1.165) is 24.3 Å². The Bertz CT molecular complexity index is 670. The Morgan fingerprint density at radius 3 is 2.54 bits per heavy atom. The van der Waals surface area contributed by atoms with E-state index in [1.807, 2.05) is 13.0 Å². The van der Waals surface area contributed by atoms with E-state index in [2.05, 4.69) is 54.8 Å². The summed E-state index contributed by atoms with van der Waals surface area (Å²) in [4.78, 5) is 0. The van der Waals surface area contributed by atoms with Crippen LogP contribution in [0.5, 0.6) is 5.75 Å². The molecule has 1 aliphatic rings. The zero-order valence-corrected chi connectivity index (χ0v) is 14.5. The van der Waals surface area contributed by atoms with Gasteiger partial charge in [0.15, 0.2) is 0 Å². The number of rotatable bonds is 5. The van der Waals surface area contributed by atoms with Gasteiger partial charge in [-0.3, -0.25) is 0 Å². The third kappa shape index (κ3) is 4.60. The van der Waals surface area contributed by atoms with Crippen molar-refractivity contribution < 1.29 is 4.74 Å². The van der Waals surface area contributed by atoms with Crippen LogP contribution in [0.4, 0.5) is 0 Å². The molecule has 2 aromatic carbocycles. The van der Waals surface area contributed by atoms with Gasteiger partial charge in [-0.25, -0.2) is 5.84 Å². The molecule has 0 radical (unpaired) electrons. The Kier molecular flexibility index (Phi) is 6.41. The van der Waals surface area contributed by atoms with E-state index in [4.69, 9.17) is 10.6 Å². The zero-order valence-electron chi connectivity index (χ0n) is 14.5. The average molecular weight is 325 g/mol. The number of benzene rings is 2. The van der Waals surface area contributed by atoms with Gasteiger partial charge >= 0.3 is 0 Å². The predicted octanol–water partition coefficient (Wildman–Crippen LogP) is 2.87. The molecule has 1 heterocycles. The van der Waals surface area contributed by atoms with Crippen molar-refractivity contribution in [2.75, 3.05) is 13.6 Å². The second kappa shape index (κ2) is 8.52. The summed E-state index contributed by atoms with van der Waals surface area (Å²) in [5.74, 6) is 6.90. The van der Waals surface area contributed by atoms with Gasteiger partial charge in [-0.15, -0.1) is 0 Å². The molecule has 4 N–H and O–H groups in total. The number of nitrogens with zero attached hydrogens (tertiary/aromatic N) is 1. The van der Waals surface area contributed by atoms with Gasteiger partial charge in [-0.1, -0.05) is 49.0 Å². The van der Waals surface area contributed by atoms with Crippen LogP contribution < -0.4 is 16.3 Å². The highest BCUT2D eigenvalue weighted by Gasteiger charge is 2.24. The summed E-state index contributed by atoms with van der Waals surface area (Å²) >= 11 is 0. The molecular formula is C20H27N3O. The first-order chi connectivity index (χ1) is 11.6. The van der Waals surface area contributed by atoms with Gasteiger partial charge < -0.3 is 15.5 Å². The third-order valence-corrected chi connectivity index (χ3v) is 4.01. The summed E-state index contributed by atoms with van der Waals surface area (Å²) in [5.41, 5.74) is 9.27. The van der Waals surface area contributed by atoms with Crippen LogP contribution in [0.3, 0.4) is 0 Å². The number of hydrogen-bond acceptors (Lipinski definition) is 4. The quantitative estimate of drug-likeness (QED) is 0.655. The van der Waals surface area contributed by atoms with Crippen LogP contribution in [0.25, 0.3) is 0 Å². The molecule has 1 atom stereocenters. The molecule has 0 bridgehead atoms. The lowest BCUT2D eigenvalue weighted by Gasteiger charge is -2.21. The Hall–Kier alpha value is -2.30. The molecule has 2 aromatic rings. The first kappa shape index (κ1) is 18.0. The lowest BCUT2D eigenvalue weighted by atomic mass is 10.0. The van der Waals surface area contributed by atoms with Crippen LogP contribution in [0, 0.1) is 0 Å². The molecular weight excluding hydrogens is 298 g/mol. The Morgan fingerprint density at radius 1 is 1.17 bits per heavy atom. The molecule has 0 amide bonds. The van der Waals surface area contributed by atoms with Crippen LogP contribution >= 0.6 is 0 Å². The molecule has 24 heavy (non-hydrogen) atoms. The van der Waals surface area contributed by atoms with Crippen LogP contribution in [0.15, 0.2) is 60.8 Å². The van der Waals surface area contributed by atoms with Crippen molar-refractivity contribution in [3.63, 3.8) is 0 Å². The minimum absolute atomic E-state index is 0.101. The number of nitrogens with two attached hydrogens (primary N) is 2. The Balaban J connectivity index is 0.00000100. The largest absolute Gasteiger partial charge is 0.488 e. The zero-order chi connectivity index (χ0) is 17.5. The molecule has 0 spiro atoms. The number of hydrazine groups is 1. The van der Waals surface area contributed by atoms with E-state index in [1.165, 1.54) is 23.7 Å². The summed E-state index contributed by atoms with van der Waals surface area (Å²) < 4.78 is 5.97. The van der Waals surface area contributed by atoms with Crippen molar-refractivity contribution in [1.29, 1.82) is 0 Å². The standard InChI is InChI=1S/C19H22N2O.CH5N/c1-14(2)21(20)13-18-12-17-11-16(8-9-19(17)22-18)10-15-6-4-3-5-7-15;1-2/h3-9,11,18H,1,10,12-13,20H2,2H3;2H2,1H3. The lowest BCUT2D eigenvalue weighted by molar-refractivity contribution is 0.174. The molecule has 0 saturated heterocycles. The molecule has 1 aliphatic heterocycles. The van der Waals surface area contributed by atoms with E-state index in [1.54, 1.807) is 5.01 Å². The number of hydrogen-bond donors (Lipinski definition) is 2. The average Bonchev–Trinajstić information content (AvgIpc) is 2.99. The minimum Gasteiger partial charge on any atom is -0.488 e. The summed E-state index contributed by atoms with van der Waals surface area (Å²) in [6.45, 7) is 6.42. The Morgan fingerprint density at radius 2 is 1.88 bits per heavy atom. The van der Waals surface area contributed by atoms with E-state index >= 15 is 0 Å². The fraction of sp³-hybridized carbons (Fsp3) is 0.300. The van der Waals surface area contributed by atoms with Gasteiger partial charge in [-0.2, -0.15) is 0 Å². The minimum atomic E-state index is 0.101. The monoisotopic (exact) mass is 325 g/mol. The first-order valence-electron chi connectivity index (χ1n) is 8.19. The molecule has 4 nitrogen and oxygen atoms in total. The smallest absolute Gasteiger partial charge is 0.123 e. The van der Waals surface area contributed by atoms with Gasteiger partial charge in [0, 0.05) is 12.1 Å². The predicted molar refractivity (Wildman–Crippen MR) is 99.6 cm³/mol. The molecule has 0 saturated carbocycles. The fourth-order valence-corrected chi connectivity index (χ4v) is 2.79. The molecule has 0 aliphatic carbocycles. The van der Waals surface area contributed by atoms with E-state index in [9.17, 15) is 0 Å². The Labute approximate surface area is 144 Å². The van der Waals surface area contributed by atoms with Gasteiger partial charge in [-0.05, 0) is 43.1 Å². The molecule has 4 heteroatoms. The van der Waals surface area contributed by atoms with Crippen LogP contribution in [-0.4, -0.2) is 24.7 Å². The van der Waals surface area contributed by atoms with Crippen molar-refractivity contribution in [3.8, 4) is 5.75 Å². The number of ether oxygens (including phenoxy) is 1. The molecule has 0 fully saturated rings. The van der Waals surface area contributed by atoms with Crippen molar-refractivity contribution >= 4 is 0 Å². The van der Waals surface area contributed by atoms with Crippen molar-refractivity contribution in [2.24, 2.45) is 11.6 Å². The molecule has 3 rings (SSSR count). The van der Waals surface area contributed by atoms with E-state index in [0.29, 0.717) is 6.54 Å². The fourth-order valence-electron chi connectivity index (χ4n) is 2.79. The molecule has 128 valence electrons. The number of fused-ring (bicyclic) bond motifs is 1. The topological polar surface area (TPSA) is 64.5 Å². The van der Waals surface area contributed by atoms with Crippen LogP contribution in [-0.2, 0) is 12.8 Å². The van der Waals surface area contributed by atoms with Gasteiger partial charge in [0.05, 0.1) is 6.54 Å². The number of allylic oxidation sites excluding steroid dienone is 1. The summed E-state index contributed by atoms with van der Waals surface area (Å²) in [7, 11) is 1.50. The highest BCUT2D eigenvalue weighted by molar-refractivity contribution is 5.42. The molecule has 1 unspecified atom stereocenters. The van der Waals surface area contributed by atoms with Gasteiger partial charge in [0.2, 0.25) is 0 Å². The van der Waals surface area contributed by atoms with Crippen molar-refractivity contribution in [1.82, 2.24) is 5.01 Å². The summed E-state index contributed by atoms with van der Waals surface area (Å²) in [6, 6.07) is 17.0. The second-order valence-electron chi connectivity index (χ2n) is 5.94. The SMILES string of the molecule is C=C(C)N(N)CC1Cc2cc(Cc3ccccc3)ccc2O1.CN.